The first-order valence-electron chi connectivity index (χ1n) is 5.32. The third-order valence-corrected chi connectivity index (χ3v) is 2.40. The Balaban J connectivity index is 2.41. The summed E-state index contributed by atoms with van der Waals surface area (Å²) in [5.74, 6) is 1.06. The molecule has 0 bridgehead atoms. The Bertz CT molecular complexity index is 497. The molecule has 0 radical (unpaired) electrons. The number of nitrogens with zero attached hydrogens (tertiary/aromatic N) is 2. The molecule has 0 saturated carbocycles. The van der Waals surface area contributed by atoms with Crippen molar-refractivity contribution in [3.63, 3.8) is 0 Å². The number of aromatic nitrogens is 2. The molecule has 4 heteroatoms. The minimum atomic E-state index is 0.348. The van der Waals surface area contributed by atoms with E-state index in [1.54, 1.807) is 16.8 Å². The molecule has 0 spiro atoms. The third kappa shape index (κ3) is 1.91. The largest absolute Gasteiger partial charge is 0.453 e. The van der Waals surface area contributed by atoms with E-state index in [1.165, 1.54) is 0 Å². The van der Waals surface area contributed by atoms with Gasteiger partial charge >= 0.3 is 0 Å². The Morgan fingerprint density at radius 1 is 1.50 bits per heavy atom. The minimum Gasteiger partial charge on any atom is -0.453 e. The van der Waals surface area contributed by atoms with Gasteiger partial charge in [0.1, 0.15) is 5.76 Å². The van der Waals surface area contributed by atoms with Crippen molar-refractivity contribution in [2.45, 2.75) is 19.8 Å². The number of aryl methyl sites for hydroxylation is 2. The van der Waals surface area contributed by atoms with Crippen molar-refractivity contribution in [3.8, 4) is 11.3 Å². The van der Waals surface area contributed by atoms with Gasteiger partial charge in [0, 0.05) is 13.2 Å². The van der Waals surface area contributed by atoms with Crippen LogP contribution in [0.2, 0.25) is 0 Å². The van der Waals surface area contributed by atoms with Crippen LogP contribution in [0.5, 0.6) is 0 Å². The van der Waals surface area contributed by atoms with Crippen molar-refractivity contribution < 1.29 is 9.21 Å². The molecule has 0 N–H and O–H groups in total. The lowest BCUT2D eigenvalue weighted by Gasteiger charge is -1.96. The number of carbonyl (C=O) groups excluding carboxylic acids is 1. The molecular formula is C12H14N2O2. The maximum absolute atomic E-state index is 10.6. The zero-order chi connectivity index (χ0) is 11.5. The van der Waals surface area contributed by atoms with Crippen LogP contribution in [0.15, 0.2) is 22.7 Å². The summed E-state index contributed by atoms with van der Waals surface area (Å²) >= 11 is 0. The number of aldehydes is 1. The van der Waals surface area contributed by atoms with Crippen molar-refractivity contribution in [1.82, 2.24) is 9.78 Å². The van der Waals surface area contributed by atoms with Crippen LogP contribution in [0, 0.1) is 0 Å². The second-order valence-corrected chi connectivity index (χ2v) is 3.73. The molecule has 4 nitrogen and oxygen atoms in total. The topological polar surface area (TPSA) is 48.0 Å². The summed E-state index contributed by atoms with van der Waals surface area (Å²) < 4.78 is 7.17. The lowest BCUT2D eigenvalue weighted by Crippen LogP contribution is -1.90. The summed E-state index contributed by atoms with van der Waals surface area (Å²) in [6.07, 6.45) is 4.57. The van der Waals surface area contributed by atoms with E-state index < -0.39 is 0 Å². The van der Waals surface area contributed by atoms with Gasteiger partial charge in [-0.15, -0.1) is 0 Å². The maximum atomic E-state index is 10.6. The van der Waals surface area contributed by atoms with E-state index in [2.05, 4.69) is 12.0 Å². The molecule has 2 aromatic heterocycles. The van der Waals surface area contributed by atoms with E-state index in [-0.39, 0.29) is 0 Å². The molecule has 0 aliphatic rings. The highest BCUT2D eigenvalue weighted by Gasteiger charge is 2.12. The van der Waals surface area contributed by atoms with Gasteiger partial charge in [-0.2, -0.15) is 5.10 Å². The van der Waals surface area contributed by atoms with Gasteiger partial charge in [0.25, 0.3) is 0 Å². The second-order valence-electron chi connectivity index (χ2n) is 3.73. The fourth-order valence-corrected chi connectivity index (χ4v) is 1.72. The average molecular weight is 218 g/mol. The molecule has 0 saturated heterocycles. The summed E-state index contributed by atoms with van der Waals surface area (Å²) in [7, 11) is 1.88. The van der Waals surface area contributed by atoms with E-state index >= 15 is 0 Å². The van der Waals surface area contributed by atoms with Crippen molar-refractivity contribution >= 4 is 6.29 Å². The van der Waals surface area contributed by atoms with Crippen LogP contribution < -0.4 is 0 Å². The van der Waals surface area contributed by atoms with Gasteiger partial charge in [-0.25, -0.2) is 0 Å². The number of hydrogen-bond acceptors (Lipinski definition) is 3. The Labute approximate surface area is 93.9 Å². The molecule has 2 heterocycles. The predicted octanol–water partition coefficient (Wildman–Crippen LogP) is 2.45. The number of hydrogen-bond donors (Lipinski definition) is 0. The van der Waals surface area contributed by atoms with Crippen LogP contribution in [0.1, 0.15) is 29.6 Å². The van der Waals surface area contributed by atoms with Gasteiger partial charge in [-0.3, -0.25) is 9.48 Å². The molecular weight excluding hydrogens is 204 g/mol. The highest BCUT2D eigenvalue weighted by atomic mass is 16.3. The van der Waals surface area contributed by atoms with E-state index in [0.29, 0.717) is 17.8 Å². The van der Waals surface area contributed by atoms with Crippen LogP contribution in [0.3, 0.4) is 0 Å². The molecule has 0 amide bonds. The molecule has 0 atom stereocenters. The van der Waals surface area contributed by atoms with Crippen molar-refractivity contribution in [2.24, 2.45) is 7.05 Å². The quantitative estimate of drug-likeness (QED) is 0.740. The first-order chi connectivity index (χ1) is 7.74. The van der Waals surface area contributed by atoms with E-state index in [4.69, 9.17) is 4.42 Å². The number of furan rings is 1. The van der Waals surface area contributed by atoms with Crippen molar-refractivity contribution in [2.75, 3.05) is 0 Å². The monoisotopic (exact) mass is 218 g/mol. The zero-order valence-corrected chi connectivity index (χ0v) is 9.43. The fourth-order valence-electron chi connectivity index (χ4n) is 1.72. The van der Waals surface area contributed by atoms with Crippen molar-refractivity contribution in [3.05, 3.63) is 29.8 Å². The maximum Gasteiger partial charge on any atom is 0.185 e. The van der Waals surface area contributed by atoms with E-state index in [1.807, 2.05) is 13.2 Å². The highest BCUT2D eigenvalue weighted by Crippen LogP contribution is 2.25. The average Bonchev–Trinajstić information content (AvgIpc) is 2.85. The first-order valence-corrected chi connectivity index (χ1v) is 5.32. The van der Waals surface area contributed by atoms with Crippen LogP contribution in [0.4, 0.5) is 0 Å². The molecule has 16 heavy (non-hydrogen) atoms. The normalized spacial score (nSPS) is 10.6. The Morgan fingerprint density at radius 2 is 2.31 bits per heavy atom. The molecule has 0 aliphatic carbocycles. The Hall–Kier alpha value is -1.84. The molecule has 2 aromatic rings. The smallest absolute Gasteiger partial charge is 0.185 e. The molecule has 0 aromatic carbocycles. The fraction of sp³-hybridized carbons (Fsp3) is 0.333. The molecule has 0 aliphatic heterocycles. The van der Waals surface area contributed by atoms with Gasteiger partial charge in [0.05, 0.1) is 11.3 Å². The van der Waals surface area contributed by atoms with Crippen LogP contribution in [0.25, 0.3) is 11.3 Å². The minimum absolute atomic E-state index is 0.348. The van der Waals surface area contributed by atoms with Crippen LogP contribution in [-0.2, 0) is 13.5 Å². The SMILES string of the molecule is CCCc1nn(C)cc1-c1ccc(C=O)o1. The van der Waals surface area contributed by atoms with Gasteiger partial charge in [0.15, 0.2) is 12.0 Å². The summed E-state index contributed by atoms with van der Waals surface area (Å²) in [4.78, 5) is 10.6. The standard InChI is InChI=1S/C12H14N2O2/c1-3-4-11-10(7-14(2)13-11)12-6-5-9(8-15)16-12/h5-8H,3-4H2,1-2H3. The van der Waals surface area contributed by atoms with E-state index in [0.717, 1.165) is 24.1 Å². The Morgan fingerprint density at radius 3 is 2.94 bits per heavy atom. The van der Waals surface area contributed by atoms with Gasteiger partial charge in [-0.1, -0.05) is 13.3 Å². The van der Waals surface area contributed by atoms with E-state index in [9.17, 15) is 4.79 Å². The second kappa shape index (κ2) is 4.35. The molecule has 0 unspecified atom stereocenters. The summed E-state index contributed by atoms with van der Waals surface area (Å²) in [5, 5.41) is 4.38. The Kier molecular flexibility index (Phi) is 2.90. The third-order valence-electron chi connectivity index (χ3n) is 2.40. The van der Waals surface area contributed by atoms with Gasteiger partial charge < -0.3 is 4.42 Å². The summed E-state index contributed by atoms with van der Waals surface area (Å²) in [6.45, 7) is 2.11. The van der Waals surface area contributed by atoms with Crippen molar-refractivity contribution in [1.29, 1.82) is 0 Å². The summed E-state index contributed by atoms with van der Waals surface area (Å²) in [5.41, 5.74) is 1.98. The van der Waals surface area contributed by atoms with Gasteiger partial charge in [0.2, 0.25) is 0 Å². The molecule has 2 rings (SSSR count). The van der Waals surface area contributed by atoms with Crippen LogP contribution >= 0.6 is 0 Å². The molecule has 0 fully saturated rings. The number of carbonyl (C=O) groups is 1. The molecule has 84 valence electrons. The highest BCUT2D eigenvalue weighted by molar-refractivity contribution is 5.73. The first kappa shape index (κ1) is 10.7. The zero-order valence-electron chi connectivity index (χ0n) is 9.43. The van der Waals surface area contributed by atoms with Gasteiger partial charge in [-0.05, 0) is 18.6 Å². The summed E-state index contributed by atoms with van der Waals surface area (Å²) in [6, 6.07) is 3.48. The number of rotatable bonds is 4. The van der Waals surface area contributed by atoms with Crippen LogP contribution in [-0.4, -0.2) is 16.1 Å². The lowest BCUT2D eigenvalue weighted by molar-refractivity contribution is 0.110. The predicted molar refractivity (Wildman–Crippen MR) is 60.3 cm³/mol. The lowest BCUT2D eigenvalue weighted by atomic mass is 10.1.